The van der Waals surface area contributed by atoms with Crippen molar-refractivity contribution >= 4 is 0 Å². The van der Waals surface area contributed by atoms with Crippen LogP contribution >= 0.6 is 0 Å². The first-order valence-electron chi connectivity index (χ1n) is 5.54. The van der Waals surface area contributed by atoms with Crippen LogP contribution in [0.2, 0.25) is 0 Å². The molecule has 0 spiro atoms. The van der Waals surface area contributed by atoms with E-state index >= 15 is 0 Å². The van der Waals surface area contributed by atoms with Crippen molar-refractivity contribution < 1.29 is 0 Å². The molecule has 0 radical (unpaired) electrons. The summed E-state index contributed by atoms with van der Waals surface area (Å²) < 4.78 is 0. The minimum absolute atomic E-state index is 0.630. The zero-order chi connectivity index (χ0) is 9.97. The highest BCUT2D eigenvalue weighted by molar-refractivity contribution is 5.20. The molecule has 1 heterocycles. The minimum Gasteiger partial charge on any atom is -0.299 e. The number of rotatable bonds is 1. The van der Waals surface area contributed by atoms with Crippen LogP contribution < -0.4 is 0 Å². The Morgan fingerprint density at radius 2 is 1.93 bits per heavy atom. The molecule has 1 aromatic carbocycles. The molecule has 2 rings (SSSR count). The average Bonchev–Trinajstić information content (AvgIpc) is 2.19. The van der Waals surface area contributed by atoms with Gasteiger partial charge in [-0.3, -0.25) is 4.90 Å². The summed E-state index contributed by atoms with van der Waals surface area (Å²) in [5.41, 5.74) is 1.47. The van der Waals surface area contributed by atoms with Crippen LogP contribution in [0.4, 0.5) is 0 Å². The Morgan fingerprint density at radius 3 is 2.57 bits per heavy atom. The molecule has 76 valence electrons. The van der Waals surface area contributed by atoms with Crippen LogP contribution in [0.15, 0.2) is 30.3 Å². The summed E-state index contributed by atoms with van der Waals surface area (Å²) in [4.78, 5) is 2.49. The summed E-state index contributed by atoms with van der Waals surface area (Å²) >= 11 is 0. The molecule has 0 amide bonds. The SMILES string of the molecule is C[C@H]1CCCN(C)[C@H]1c1ccccc1. The highest BCUT2D eigenvalue weighted by Gasteiger charge is 2.26. The molecular formula is C13H19N. The van der Waals surface area contributed by atoms with Crippen LogP contribution in [0.5, 0.6) is 0 Å². The maximum Gasteiger partial charge on any atom is 0.0370 e. The number of piperidine rings is 1. The molecule has 0 unspecified atom stereocenters. The summed E-state index contributed by atoms with van der Waals surface area (Å²) in [6.07, 6.45) is 2.71. The molecule has 1 nitrogen and oxygen atoms in total. The summed E-state index contributed by atoms with van der Waals surface area (Å²) in [7, 11) is 2.24. The molecule has 0 bridgehead atoms. The van der Waals surface area contributed by atoms with E-state index in [1.807, 2.05) is 0 Å². The van der Waals surface area contributed by atoms with E-state index in [2.05, 4.69) is 49.2 Å². The lowest BCUT2D eigenvalue weighted by molar-refractivity contribution is 0.131. The quantitative estimate of drug-likeness (QED) is 0.656. The lowest BCUT2D eigenvalue weighted by Gasteiger charge is -2.37. The van der Waals surface area contributed by atoms with E-state index in [0.29, 0.717) is 6.04 Å². The van der Waals surface area contributed by atoms with E-state index in [1.54, 1.807) is 0 Å². The molecule has 1 heteroatoms. The van der Waals surface area contributed by atoms with Gasteiger partial charge in [0.25, 0.3) is 0 Å². The Bertz CT molecular complexity index is 271. The van der Waals surface area contributed by atoms with E-state index < -0.39 is 0 Å². The van der Waals surface area contributed by atoms with E-state index in [9.17, 15) is 0 Å². The lowest BCUT2D eigenvalue weighted by Crippen LogP contribution is -2.34. The van der Waals surface area contributed by atoms with Crippen molar-refractivity contribution in [3.05, 3.63) is 35.9 Å². The molecule has 0 N–H and O–H groups in total. The topological polar surface area (TPSA) is 3.24 Å². The number of benzene rings is 1. The molecule has 1 aliphatic heterocycles. The summed E-state index contributed by atoms with van der Waals surface area (Å²) in [5.74, 6) is 0.788. The Morgan fingerprint density at radius 1 is 1.21 bits per heavy atom. The van der Waals surface area contributed by atoms with Crippen LogP contribution in [0.3, 0.4) is 0 Å². The second kappa shape index (κ2) is 4.14. The molecule has 0 aliphatic carbocycles. The third-order valence-corrected chi connectivity index (χ3v) is 3.33. The van der Waals surface area contributed by atoms with Gasteiger partial charge in [0.15, 0.2) is 0 Å². The lowest BCUT2D eigenvalue weighted by atomic mass is 9.86. The van der Waals surface area contributed by atoms with Crippen molar-refractivity contribution in [3.8, 4) is 0 Å². The van der Waals surface area contributed by atoms with Gasteiger partial charge in [0.1, 0.15) is 0 Å². The second-order valence-electron chi connectivity index (χ2n) is 4.46. The van der Waals surface area contributed by atoms with E-state index in [-0.39, 0.29) is 0 Å². The van der Waals surface area contributed by atoms with Gasteiger partial charge in [0.2, 0.25) is 0 Å². The molecular weight excluding hydrogens is 170 g/mol. The fourth-order valence-corrected chi connectivity index (χ4v) is 2.63. The van der Waals surface area contributed by atoms with E-state index in [0.717, 1.165) is 5.92 Å². The molecule has 0 saturated carbocycles. The summed E-state index contributed by atoms with van der Waals surface area (Å²) in [6.45, 7) is 3.61. The van der Waals surface area contributed by atoms with Crippen LogP contribution in [0.1, 0.15) is 31.4 Å². The first-order chi connectivity index (χ1) is 6.79. The molecule has 1 aromatic rings. The normalized spacial score (nSPS) is 29.0. The zero-order valence-electron chi connectivity index (χ0n) is 9.11. The summed E-state index contributed by atoms with van der Waals surface area (Å²) in [6, 6.07) is 11.5. The highest BCUT2D eigenvalue weighted by atomic mass is 15.1. The van der Waals surface area contributed by atoms with Gasteiger partial charge in [-0.15, -0.1) is 0 Å². The maximum atomic E-state index is 2.49. The van der Waals surface area contributed by atoms with Gasteiger partial charge in [-0.2, -0.15) is 0 Å². The fourth-order valence-electron chi connectivity index (χ4n) is 2.63. The minimum atomic E-state index is 0.630. The molecule has 1 fully saturated rings. The molecule has 1 aliphatic rings. The Balaban J connectivity index is 2.23. The van der Waals surface area contributed by atoms with Crippen molar-refractivity contribution in [1.29, 1.82) is 0 Å². The van der Waals surface area contributed by atoms with Gasteiger partial charge in [0, 0.05) is 6.04 Å². The smallest absolute Gasteiger partial charge is 0.0370 e. The standard InChI is InChI=1S/C13H19N/c1-11-7-6-10-14(2)13(11)12-8-4-3-5-9-12/h3-5,8-9,11,13H,6-7,10H2,1-2H3/t11-,13+/m0/s1. The van der Waals surface area contributed by atoms with Gasteiger partial charge < -0.3 is 0 Å². The average molecular weight is 189 g/mol. The highest BCUT2D eigenvalue weighted by Crippen LogP contribution is 2.34. The first-order valence-corrected chi connectivity index (χ1v) is 5.54. The third-order valence-electron chi connectivity index (χ3n) is 3.33. The van der Waals surface area contributed by atoms with Crippen molar-refractivity contribution in [3.63, 3.8) is 0 Å². The van der Waals surface area contributed by atoms with Gasteiger partial charge in [-0.1, -0.05) is 37.3 Å². The predicted molar refractivity (Wildman–Crippen MR) is 60.2 cm³/mol. The van der Waals surface area contributed by atoms with Crippen LogP contribution in [0.25, 0.3) is 0 Å². The molecule has 1 saturated heterocycles. The summed E-state index contributed by atoms with van der Waals surface area (Å²) in [5, 5.41) is 0. The molecule has 0 aromatic heterocycles. The van der Waals surface area contributed by atoms with Crippen LogP contribution in [-0.2, 0) is 0 Å². The predicted octanol–water partition coefficient (Wildman–Crippen LogP) is 3.09. The molecule has 14 heavy (non-hydrogen) atoms. The number of likely N-dealkylation sites (tertiary alicyclic amines) is 1. The second-order valence-corrected chi connectivity index (χ2v) is 4.46. The Labute approximate surface area is 86.7 Å². The van der Waals surface area contributed by atoms with Gasteiger partial charge in [0.05, 0.1) is 0 Å². The fraction of sp³-hybridized carbons (Fsp3) is 0.538. The van der Waals surface area contributed by atoms with Gasteiger partial charge in [-0.05, 0) is 37.9 Å². The first kappa shape index (κ1) is 9.72. The van der Waals surface area contributed by atoms with Gasteiger partial charge in [-0.25, -0.2) is 0 Å². The Kier molecular flexibility index (Phi) is 2.87. The van der Waals surface area contributed by atoms with Crippen molar-refractivity contribution in [1.82, 2.24) is 4.90 Å². The van der Waals surface area contributed by atoms with E-state index in [4.69, 9.17) is 0 Å². The van der Waals surface area contributed by atoms with Crippen molar-refractivity contribution in [2.75, 3.05) is 13.6 Å². The van der Waals surface area contributed by atoms with Crippen molar-refractivity contribution in [2.45, 2.75) is 25.8 Å². The molecule has 2 atom stereocenters. The van der Waals surface area contributed by atoms with E-state index in [1.165, 1.54) is 24.9 Å². The van der Waals surface area contributed by atoms with Crippen LogP contribution in [-0.4, -0.2) is 18.5 Å². The number of nitrogens with zero attached hydrogens (tertiary/aromatic N) is 1. The third kappa shape index (κ3) is 1.83. The van der Waals surface area contributed by atoms with Crippen molar-refractivity contribution in [2.24, 2.45) is 5.92 Å². The number of hydrogen-bond donors (Lipinski definition) is 0. The van der Waals surface area contributed by atoms with Gasteiger partial charge >= 0.3 is 0 Å². The number of hydrogen-bond acceptors (Lipinski definition) is 1. The maximum absolute atomic E-state index is 2.49. The largest absolute Gasteiger partial charge is 0.299 e. The van der Waals surface area contributed by atoms with Crippen LogP contribution in [0, 0.1) is 5.92 Å². The zero-order valence-corrected chi connectivity index (χ0v) is 9.11. The monoisotopic (exact) mass is 189 g/mol. The Hall–Kier alpha value is -0.820.